The summed E-state index contributed by atoms with van der Waals surface area (Å²) in [6.07, 6.45) is 5.98. The molecule has 2 aliphatic rings. The lowest BCUT2D eigenvalue weighted by Crippen LogP contribution is -2.40. The van der Waals surface area contributed by atoms with E-state index < -0.39 is 6.09 Å². The van der Waals surface area contributed by atoms with Gasteiger partial charge in [-0.15, -0.1) is 0 Å². The van der Waals surface area contributed by atoms with Crippen molar-refractivity contribution in [3.63, 3.8) is 0 Å². The zero-order valence-corrected chi connectivity index (χ0v) is 8.44. The van der Waals surface area contributed by atoms with Crippen molar-refractivity contribution < 1.29 is 14.3 Å². The summed E-state index contributed by atoms with van der Waals surface area (Å²) in [6.45, 7) is 1.11. The molecule has 2 rings (SSSR count). The Bertz CT molecular complexity index is 297. The molecule has 82 valence electrons. The summed E-state index contributed by atoms with van der Waals surface area (Å²) in [6, 6.07) is -0.377. The molecule has 1 heterocycles. The van der Waals surface area contributed by atoms with Crippen molar-refractivity contribution in [2.24, 2.45) is 5.92 Å². The van der Waals surface area contributed by atoms with Gasteiger partial charge in [0, 0.05) is 6.54 Å². The van der Waals surface area contributed by atoms with Gasteiger partial charge in [0.2, 0.25) is 0 Å². The van der Waals surface area contributed by atoms with Gasteiger partial charge in [0.05, 0.1) is 6.54 Å². The number of imide groups is 1. The summed E-state index contributed by atoms with van der Waals surface area (Å²) >= 11 is 0. The molecule has 1 saturated heterocycles. The number of carbonyl (C=O) groups is 2. The highest BCUT2D eigenvalue weighted by Gasteiger charge is 2.27. The average Bonchev–Trinajstić information content (AvgIpc) is 2.94. The molecule has 1 N–H and O–H groups in total. The predicted octanol–water partition coefficient (Wildman–Crippen LogP) is 1.11. The molecule has 1 aliphatic carbocycles. The molecule has 0 bridgehead atoms. The lowest BCUT2D eigenvalue weighted by Gasteiger charge is -2.10. The summed E-state index contributed by atoms with van der Waals surface area (Å²) < 4.78 is 4.65. The van der Waals surface area contributed by atoms with E-state index >= 15 is 0 Å². The van der Waals surface area contributed by atoms with Gasteiger partial charge in [-0.1, -0.05) is 12.2 Å². The first-order valence-corrected chi connectivity index (χ1v) is 5.16. The Kier molecular flexibility index (Phi) is 2.89. The van der Waals surface area contributed by atoms with Crippen LogP contribution in [0.25, 0.3) is 0 Å². The van der Waals surface area contributed by atoms with Gasteiger partial charge in [-0.25, -0.2) is 14.5 Å². The van der Waals surface area contributed by atoms with Crippen molar-refractivity contribution in [2.75, 3.05) is 19.7 Å². The van der Waals surface area contributed by atoms with Gasteiger partial charge in [0.1, 0.15) is 6.61 Å². The van der Waals surface area contributed by atoms with E-state index in [9.17, 15) is 9.59 Å². The van der Waals surface area contributed by atoms with Gasteiger partial charge < -0.3 is 10.1 Å². The van der Waals surface area contributed by atoms with E-state index in [0.717, 1.165) is 4.90 Å². The van der Waals surface area contributed by atoms with Crippen LogP contribution in [0.5, 0.6) is 0 Å². The maximum atomic E-state index is 11.4. The van der Waals surface area contributed by atoms with Gasteiger partial charge in [0.25, 0.3) is 0 Å². The minimum absolute atomic E-state index is 0.296. The van der Waals surface area contributed by atoms with Gasteiger partial charge in [-0.3, -0.25) is 0 Å². The van der Waals surface area contributed by atoms with Gasteiger partial charge >= 0.3 is 12.1 Å². The smallest absolute Gasteiger partial charge is 0.418 e. The maximum Gasteiger partial charge on any atom is 0.418 e. The number of hydrogen-bond acceptors (Lipinski definition) is 3. The number of cyclic esters (lactones) is 1. The largest absolute Gasteiger partial charge is 0.447 e. The van der Waals surface area contributed by atoms with Crippen molar-refractivity contribution in [3.8, 4) is 0 Å². The lowest BCUT2D eigenvalue weighted by atomic mass is 10.4. The van der Waals surface area contributed by atoms with E-state index in [0.29, 0.717) is 25.6 Å². The van der Waals surface area contributed by atoms with Crippen molar-refractivity contribution >= 4 is 12.1 Å². The summed E-state index contributed by atoms with van der Waals surface area (Å²) in [7, 11) is 0. The molecule has 0 unspecified atom stereocenters. The molecular formula is C10H14N2O3. The Hall–Kier alpha value is -1.52. The molecule has 0 atom stereocenters. The normalized spacial score (nSPS) is 20.8. The number of nitrogens with zero attached hydrogens (tertiary/aromatic N) is 1. The third-order valence-electron chi connectivity index (χ3n) is 2.41. The first kappa shape index (κ1) is 10.0. The Morgan fingerprint density at radius 3 is 3.00 bits per heavy atom. The van der Waals surface area contributed by atoms with E-state index in [4.69, 9.17) is 0 Å². The highest BCUT2D eigenvalue weighted by atomic mass is 16.6. The topological polar surface area (TPSA) is 58.6 Å². The highest BCUT2D eigenvalue weighted by molar-refractivity contribution is 5.91. The van der Waals surface area contributed by atoms with E-state index in [1.807, 2.05) is 6.08 Å². The molecule has 15 heavy (non-hydrogen) atoms. The lowest BCUT2D eigenvalue weighted by molar-refractivity contribution is 0.159. The van der Waals surface area contributed by atoms with Crippen LogP contribution in [0.2, 0.25) is 0 Å². The fourth-order valence-corrected chi connectivity index (χ4v) is 1.37. The molecule has 1 saturated carbocycles. The fourth-order valence-electron chi connectivity index (χ4n) is 1.37. The Balaban J connectivity index is 1.69. The molecule has 0 aromatic heterocycles. The summed E-state index contributed by atoms with van der Waals surface area (Å²) in [5, 5.41) is 2.64. The van der Waals surface area contributed by atoms with Crippen LogP contribution in [0.3, 0.4) is 0 Å². The number of allylic oxidation sites excluding steroid dienone is 1. The molecule has 0 spiro atoms. The van der Waals surface area contributed by atoms with Crippen molar-refractivity contribution in [1.82, 2.24) is 10.2 Å². The standard InChI is InChI=1S/C10H14N2O3/c13-9(12-6-7-15-10(12)14)11-5-1-2-8-3-4-8/h1-2,8H,3-7H2,(H,11,13)/b2-1+. The maximum absolute atomic E-state index is 11.4. The summed E-state index contributed by atoms with van der Waals surface area (Å²) in [5.41, 5.74) is 0. The van der Waals surface area contributed by atoms with Crippen molar-refractivity contribution in [2.45, 2.75) is 12.8 Å². The number of rotatable bonds is 3. The second-order valence-corrected chi connectivity index (χ2v) is 3.72. The predicted molar refractivity (Wildman–Crippen MR) is 53.3 cm³/mol. The van der Waals surface area contributed by atoms with Gasteiger partial charge in [-0.2, -0.15) is 0 Å². The van der Waals surface area contributed by atoms with Crippen LogP contribution in [0.1, 0.15) is 12.8 Å². The van der Waals surface area contributed by atoms with Crippen LogP contribution in [0.15, 0.2) is 12.2 Å². The average molecular weight is 210 g/mol. The molecular weight excluding hydrogens is 196 g/mol. The Morgan fingerprint density at radius 2 is 2.40 bits per heavy atom. The number of urea groups is 1. The zero-order valence-electron chi connectivity index (χ0n) is 8.44. The van der Waals surface area contributed by atoms with E-state index in [2.05, 4.69) is 16.1 Å². The third-order valence-corrected chi connectivity index (χ3v) is 2.41. The molecule has 3 amide bonds. The van der Waals surface area contributed by atoms with Crippen LogP contribution < -0.4 is 5.32 Å². The van der Waals surface area contributed by atoms with Crippen LogP contribution in [-0.2, 0) is 4.74 Å². The number of ether oxygens (including phenoxy) is 1. The molecule has 1 aliphatic heterocycles. The third kappa shape index (κ3) is 2.71. The number of hydrogen-bond donors (Lipinski definition) is 1. The van der Waals surface area contributed by atoms with Crippen LogP contribution in [0.4, 0.5) is 9.59 Å². The molecule has 0 aromatic rings. The van der Waals surface area contributed by atoms with Gasteiger partial charge in [-0.05, 0) is 18.8 Å². The quantitative estimate of drug-likeness (QED) is 0.710. The summed E-state index contributed by atoms with van der Waals surface area (Å²) in [4.78, 5) is 23.5. The minimum atomic E-state index is -0.557. The van der Waals surface area contributed by atoms with Crippen molar-refractivity contribution in [1.29, 1.82) is 0 Å². The molecule has 2 fully saturated rings. The second kappa shape index (κ2) is 4.33. The summed E-state index contributed by atoms with van der Waals surface area (Å²) in [5.74, 6) is 0.707. The minimum Gasteiger partial charge on any atom is -0.447 e. The van der Waals surface area contributed by atoms with E-state index in [1.165, 1.54) is 12.8 Å². The number of nitrogens with one attached hydrogen (secondary N) is 1. The SMILES string of the molecule is O=C(NC/C=C/C1CC1)N1CCOC1=O. The second-order valence-electron chi connectivity index (χ2n) is 3.72. The number of carbonyl (C=O) groups excluding carboxylic acids is 2. The Morgan fingerprint density at radius 1 is 1.60 bits per heavy atom. The molecule has 0 aromatic carbocycles. The van der Waals surface area contributed by atoms with E-state index in [1.54, 1.807) is 0 Å². The van der Waals surface area contributed by atoms with Crippen LogP contribution >= 0.6 is 0 Å². The first-order valence-electron chi connectivity index (χ1n) is 5.16. The van der Waals surface area contributed by atoms with Crippen molar-refractivity contribution in [3.05, 3.63) is 12.2 Å². The van der Waals surface area contributed by atoms with E-state index in [-0.39, 0.29) is 6.03 Å². The monoisotopic (exact) mass is 210 g/mol. The molecule has 5 heteroatoms. The Labute approximate surface area is 88.1 Å². The van der Waals surface area contributed by atoms with Crippen LogP contribution in [0, 0.1) is 5.92 Å². The highest BCUT2D eigenvalue weighted by Crippen LogP contribution is 2.29. The fraction of sp³-hybridized carbons (Fsp3) is 0.600. The molecule has 5 nitrogen and oxygen atoms in total. The first-order chi connectivity index (χ1) is 7.27. The number of amides is 3. The zero-order chi connectivity index (χ0) is 10.7. The van der Waals surface area contributed by atoms with Gasteiger partial charge in [0.15, 0.2) is 0 Å². The molecule has 0 radical (unpaired) electrons. The van der Waals surface area contributed by atoms with Crippen LogP contribution in [-0.4, -0.2) is 36.7 Å².